The topological polar surface area (TPSA) is 29.1 Å². The number of carbonyl (C=O) groups excluding carboxylic acids is 1. The van der Waals surface area contributed by atoms with Gasteiger partial charge in [-0.05, 0) is 37.5 Å². The van der Waals surface area contributed by atoms with Crippen LogP contribution in [-0.2, 0) is 10.5 Å². The van der Waals surface area contributed by atoms with Gasteiger partial charge in [0.25, 0.3) is 0 Å². The maximum Gasteiger partial charge on any atom is 0.235 e. The maximum absolute atomic E-state index is 12.6. The Morgan fingerprint density at radius 3 is 2.54 bits per heavy atom. The predicted molar refractivity (Wildman–Crippen MR) is 103 cm³/mol. The fourth-order valence-electron chi connectivity index (χ4n) is 2.70. The van der Waals surface area contributed by atoms with Crippen LogP contribution in [0.25, 0.3) is 0 Å². The van der Waals surface area contributed by atoms with Gasteiger partial charge in [-0.15, -0.1) is 11.8 Å². The smallest absolute Gasteiger partial charge is 0.235 e. The number of thioether (sulfide) groups is 1. The zero-order chi connectivity index (χ0) is 17.2. The third-order valence-corrected chi connectivity index (χ3v) is 6.16. The van der Waals surface area contributed by atoms with E-state index in [1.807, 2.05) is 44.2 Å². The summed E-state index contributed by atoms with van der Waals surface area (Å²) in [7, 11) is 0. The highest BCUT2D eigenvalue weighted by Crippen LogP contribution is 2.41. The summed E-state index contributed by atoms with van der Waals surface area (Å²) >= 11 is 7.82. The zero-order valence-corrected chi connectivity index (χ0v) is 15.5. The van der Waals surface area contributed by atoms with Crippen molar-refractivity contribution < 1.29 is 4.79 Å². The Morgan fingerprint density at radius 2 is 1.83 bits per heavy atom. The fraction of sp³-hybridized carbons (Fsp3) is 0.350. The van der Waals surface area contributed by atoms with Gasteiger partial charge in [-0.2, -0.15) is 0 Å². The van der Waals surface area contributed by atoms with Crippen LogP contribution >= 0.6 is 23.4 Å². The minimum Gasteiger partial charge on any atom is -0.352 e. The van der Waals surface area contributed by atoms with Crippen LogP contribution in [0.4, 0.5) is 0 Å². The SMILES string of the molecule is CC(C)(SCc1ccccc1Cl)C(=O)NC1CC1c1ccccc1. The van der Waals surface area contributed by atoms with Crippen molar-refractivity contribution in [3.05, 3.63) is 70.7 Å². The predicted octanol–water partition coefficient (Wildman–Crippen LogP) is 5.02. The fourth-order valence-corrected chi connectivity index (χ4v) is 3.94. The van der Waals surface area contributed by atoms with Crippen molar-refractivity contribution in [2.45, 2.75) is 42.7 Å². The van der Waals surface area contributed by atoms with Crippen molar-refractivity contribution in [3.63, 3.8) is 0 Å². The highest BCUT2D eigenvalue weighted by molar-refractivity contribution is 8.00. The molecular formula is C20H22ClNOS. The number of benzene rings is 2. The molecule has 2 aromatic carbocycles. The van der Waals surface area contributed by atoms with Gasteiger partial charge < -0.3 is 5.32 Å². The van der Waals surface area contributed by atoms with E-state index in [0.717, 1.165) is 22.8 Å². The second-order valence-electron chi connectivity index (χ2n) is 6.72. The number of hydrogen-bond acceptors (Lipinski definition) is 2. The Balaban J connectivity index is 1.54. The lowest BCUT2D eigenvalue weighted by Gasteiger charge is -2.23. The average Bonchev–Trinajstić information content (AvgIpc) is 3.34. The van der Waals surface area contributed by atoms with Crippen LogP contribution in [-0.4, -0.2) is 16.7 Å². The van der Waals surface area contributed by atoms with Gasteiger partial charge in [0.05, 0.1) is 4.75 Å². The standard InChI is InChI=1S/C20H22ClNOS/c1-20(2,24-13-15-10-6-7-11-17(15)21)19(23)22-18-12-16(18)14-8-4-3-5-9-14/h3-11,16,18H,12-13H2,1-2H3,(H,22,23). The maximum atomic E-state index is 12.6. The number of nitrogens with one attached hydrogen (secondary N) is 1. The summed E-state index contributed by atoms with van der Waals surface area (Å²) in [5.74, 6) is 1.29. The first-order chi connectivity index (χ1) is 11.5. The summed E-state index contributed by atoms with van der Waals surface area (Å²) < 4.78 is -0.483. The largest absolute Gasteiger partial charge is 0.352 e. The second kappa shape index (κ2) is 7.20. The molecule has 0 aliphatic heterocycles. The summed E-state index contributed by atoms with van der Waals surface area (Å²) in [5.41, 5.74) is 2.38. The van der Waals surface area contributed by atoms with Gasteiger partial charge in [-0.25, -0.2) is 0 Å². The number of amides is 1. The van der Waals surface area contributed by atoms with E-state index in [1.165, 1.54) is 5.56 Å². The molecule has 2 unspecified atom stereocenters. The van der Waals surface area contributed by atoms with E-state index in [0.29, 0.717) is 5.92 Å². The van der Waals surface area contributed by atoms with E-state index in [1.54, 1.807) is 11.8 Å². The van der Waals surface area contributed by atoms with Crippen molar-refractivity contribution >= 4 is 29.3 Å². The van der Waals surface area contributed by atoms with Gasteiger partial charge in [-0.1, -0.05) is 60.1 Å². The van der Waals surface area contributed by atoms with Crippen molar-refractivity contribution in [2.24, 2.45) is 0 Å². The monoisotopic (exact) mass is 359 g/mol. The van der Waals surface area contributed by atoms with Crippen molar-refractivity contribution in [1.82, 2.24) is 5.32 Å². The first-order valence-corrected chi connectivity index (χ1v) is 9.57. The van der Waals surface area contributed by atoms with Crippen molar-refractivity contribution in [1.29, 1.82) is 0 Å². The molecule has 1 fully saturated rings. The average molecular weight is 360 g/mol. The Hall–Kier alpha value is -1.45. The summed E-state index contributed by atoms with van der Waals surface area (Å²) in [4.78, 5) is 12.6. The molecule has 1 amide bonds. The van der Waals surface area contributed by atoms with Gasteiger partial charge in [-0.3, -0.25) is 4.79 Å². The molecule has 24 heavy (non-hydrogen) atoms. The molecule has 1 aliphatic carbocycles. The van der Waals surface area contributed by atoms with Crippen LogP contribution in [0.1, 0.15) is 37.3 Å². The van der Waals surface area contributed by atoms with Crippen LogP contribution < -0.4 is 5.32 Å². The summed E-state index contributed by atoms with van der Waals surface area (Å²) in [6.45, 7) is 3.95. The van der Waals surface area contributed by atoms with Gasteiger partial charge >= 0.3 is 0 Å². The molecule has 1 aliphatic rings. The third kappa shape index (κ3) is 4.14. The Kier molecular flexibility index (Phi) is 5.21. The van der Waals surface area contributed by atoms with E-state index in [-0.39, 0.29) is 11.9 Å². The highest BCUT2D eigenvalue weighted by Gasteiger charge is 2.42. The molecule has 2 atom stereocenters. The van der Waals surface area contributed by atoms with Gasteiger partial charge in [0.1, 0.15) is 0 Å². The molecule has 0 bridgehead atoms. The normalized spacial score (nSPS) is 19.8. The summed E-state index contributed by atoms with van der Waals surface area (Å²) in [6.07, 6.45) is 1.03. The molecule has 2 aromatic rings. The molecule has 0 heterocycles. The van der Waals surface area contributed by atoms with Gasteiger partial charge in [0.2, 0.25) is 5.91 Å². The first-order valence-electron chi connectivity index (χ1n) is 8.20. The Morgan fingerprint density at radius 1 is 1.17 bits per heavy atom. The second-order valence-corrected chi connectivity index (χ2v) is 8.73. The van der Waals surface area contributed by atoms with Crippen LogP contribution in [0.15, 0.2) is 54.6 Å². The van der Waals surface area contributed by atoms with E-state index < -0.39 is 4.75 Å². The lowest BCUT2D eigenvalue weighted by atomic mass is 10.1. The van der Waals surface area contributed by atoms with Gasteiger partial charge in [0.15, 0.2) is 0 Å². The molecule has 126 valence electrons. The molecule has 0 saturated heterocycles. The first kappa shape index (κ1) is 17.4. The lowest BCUT2D eigenvalue weighted by molar-refractivity contribution is -0.122. The molecule has 3 rings (SSSR count). The van der Waals surface area contributed by atoms with Crippen LogP contribution in [0.3, 0.4) is 0 Å². The molecule has 1 saturated carbocycles. The number of halogens is 1. The van der Waals surface area contributed by atoms with Crippen molar-refractivity contribution in [2.75, 3.05) is 0 Å². The number of hydrogen-bond donors (Lipinski definition) is 1. The molecule has 0 radical (unpaired) electrons. The van der Waals surface area contributed by atoms with E-state index in [2.05, 4.69) is 29.6 Å². The minimum absolute atomic E-state index is 0.1000. The number of rotatable bonds is 6. The minimum atomic E-state index is -0.483. The van der Waals surface area contributed by atoms with Crippen LogP contribution in [0.5, 0.6) is 0 Å². The summed E-state index contributed by atoms with van der Waals surface area (Å²) in [5, 5.41) is 3.96. The zero-order valence-electron chi connectivity index (χ0n) is 14.0. The van der Waals surface area contributed by atoms with E-state index in [4.69, 9.17) is 11.6 Å². The highest BCUT2D eigenvalue weighted by atomic mass is 35.5. The molecule has 1 N–H and O–H groups in total. The van der Waals surface area contributed by atoms with Crippen LogP contribution in [0, 0.1) is 0 Å². The molecular weight excluding hydrogens is 338 g/mol. The molecule has 0 spiro atoms. The lowest BCUT2D eigenvalue weighted by Crippen LogP contribution is -2.41. The Labute approximate surface area is 153 Å². The van der Waals surface area contributed by atoms with E-state index in [9.17, 15) is 4.79 Å². The van der Waals surface area contributed by atoms with Crippen molar-refractivity contribution in [3.8, 4) is 0 Å². The molecule has 0 aromatic heterocycles. The Bertz CT molecular complexity index is 717. The van der Waals surface area contributed by atoms with Gasteiger partial charge in [0, 0.05) is 22.7 Å². The van der Waals surface area contributed by atoms with E-state index >= 15 is 0 Å². The quantitative estimate of drug-likeness (QED) is 0.784. The summed E-state index contributed by atoms with van der Waals surface area (Å²) in [6, 6.07) is 18.4. The number of carbonyl (C=O) groups is 1. The molecule has 2 nitrogen and oxygen atoms in total. The third-order valence-electron chi connectivity index (χ3n) is 4.43. The van der Waals surface area contributed by atoms with Crippen LogP contribution in [0.2, 0.25) is 5.02 Å². The molecule has 4 heteroatoms.